The van der Waals surface area contributed by atoms with Crippen LogP contribution in [0.5, 0.6) is 5.88 Å². The van der Waals surface area contributed by atoms with Crippen LogP contribution >= 0.6 is 11.3 Å². The minimum atomic E-state index is 0.635. The molecule has 1 atom stereocenters. The first kappa shape index (κ1) is 10.1. The minimum absolute atomic E-state index is 0.635. The van der Waals surface area contributed by atoms with Crippen LogP contribution in [0.4, 0.5) is 0 Å². The van der Waals surface area contributed by atoms with Gasteiger partial charge in [-0.15, -0.1) is 11.3 Å². The lowest BCUT2D eigenvalue weighted by Crippen LogP contribution is -2.15. The first-order chi connectivity index (χ1) is 7.93. The third kappa shape index (κ3) is 1.90. The number of hydrogen-bond acceptors (Lipinski definition) is 4. The number of fused-ring (bicyclic) bond motifs is 1. The third-order valence-corrected chi connectivity index (χ3v) is 3.84. The number of ether oxygens (including phenoxy) is 1. The number of aromatic nitrogens is 1. The van der Waals surface area contributed by atoms with Crippen LogP contribution in [0.3, 0.4) is 0 Å². The summed E-state index contributed by atoms with van der Waals surface area (Å²) in [5.41, 5.74) is 0. The molecule has 84 valence electrons. The van der Waals surface area contributed by atoms with Crippen molar-refractivity contribution in [2.75, 3.05) is 19.7 Å². The van der Waals surface area contributed by atoms with Gasteiger partial charge in [-0.2, -0.15) is 0 Å². The minimum Gasteiger partial charge on any atom is -0.477 e. The van der Waals surface area contributed by atoms with E-state index in [0.29, 0.717) is 5.92 Å². The molecule has 0 aliphatic carbocycles. The van der Waals surface area contributed by atoms with E-state index in [1.807, 2.05) is 12.3 Å². The van der Waals surface area contributed by atoms with Gasteiger partial charge in [0.15, 0.2) is 0 Å². The number of thiophene rings is 1. The Kier molecular flexibility index (Phi) is 2.76. The van der Waals surface area contributed by atoms with Crippen molar-refractivity contribution in [1.82, 2.24) is 10.3 Å². The number of nitrogens with zero attached hydrogens (tertiary/aromatic N) is 1. The van der Waals surface area contributed by atoms with Crippen LogP contribution in [0.25, 0.3) is 10.1 Å². The molecule has 1 fully saturated rings. The van der Waals surface area contributed by atoms with Gasteiger partial charge in [0.25, 0.3) is 0 Å². The summed E-state index contributed by atoms with van der Waals surface area (Å²) in [6.45, 7) is 2.96. The summed E-state index contributed by atoms with van der Waals surface area (Å²) in [7, 11) is 0. The van der Waals surface area contributed by atoms with E-state index in [1.165, 1.54) is 11.1 Å². The zero-order chi connectivity index (χ0) is 10.8. The molecule has 2 aromatic rings. The van der Waals surface area contributed by atoms with E-state index in [-0.39, 0.29) is 0 Å². The summed E-state index contributed by atoms with van der Waals surface area (Å²) in [4.78, 5) is 4.30. The van der Waals surface area contributed by atoms with Crippen molar-refractivity contribution in [3.05, 3.63) is 23.7 Å². The zero-order valence-corrected chi connectivity index (χ0v) is 9.80. The standard InChI is InChI=1S/C12H14N2OS/c1-4-13-7-9(1)8-15-12-10-3-6-16-11(10)2-5-14-12/h2-3,5-6,9,13H,1,4,7-8H2. The Balaban J connectivity index is 1.75. The third-order valence-electron chi connectivity index (χ3n) is 2.96. The fraction of sp³-hybridized carbons (Fsp3) is 0.417. The molecule has 0 spiro atoms. The van der Waals surface area contributed by atoms with Crippen LogP contribution in [0.15, 0.2) is 23.7 Å². The SMILES string of the molecule is c1cc2sccc2c(OCC2CCNC2)n1. The fourth-order valence-electron chi connectivity index (χ4n) is 2.04. The monoisotopic (exact) mass is 234 g/mol. The van der Waals surface area contributed by atoms with Gasteiger partial charge in [0, 0.05) is 23.4 Å². The summed E-state index contributed by atoms with van der Waals surface area (Å²) >= 11 is 1.73. The van der Waals surface area contributed by atoms with Gasteiger partial charge in [-0.1, -0.05) is 0 Å². The molecule has 0 radical (unpaired) electrons. The Hall–Kier alpha value is -1.13. The maximum Gasteiger partial charge on any atom is 0.222 e. The second-order valence-corrected chi connectivity index (χ2v) is 5.07. The highest BCUT2D eigenvalue weighted by Crippen LogP contribution is 2.27. The van der Waals surface area contributed by atoms with E-state index < -0.39 is 0 Å². The first-order valence-electron chi connectivity index (χ1n) is 5.59. The Morgan fingerprint density at radius 3 is 3.38 bits per heavy atom. The molecule has 0 aromatic carbocycles. The second kappa shape index (κ2) is 4.39. The molecule has 0 bridgehead atoms. The number of nitrogens with one attached hydrogen (secondary N) is 1. The molecule has 3 heterocycles. The quantitative estimate of drug-likeness (QED) is 0.884. The Morgan fingerprint density at radius 2 is 2.50 bits per heavy atom. The van der Waals surface area contributed by atoms with Crippen molar-refractivity contribution in [1.29, 1.82) is 0 Å². The van der Waals surface area contributed by atoms with Crippen LogP contribution in [0, 0.1) is 5.92 Å². The topological polar surface area (TPSA) is 34.1 Å². The van der Waals surface area contributed by atoms with Crippen molar-refractivity contribution in [3.8, 4) is 5.88 Å². The highest BCUT2D eigenvalue weighted by atomic mass is 32.1. The lowest BCUT2D eigenvalue weighted by Gasteiger charge is -2.10. The molecule has 1 aliphatic heterocycles. The van der Waals surface area contributed by atoms with E-state index in [0.717, 1.165) is 31.0 Å². The molecule has 1 aliphatic rings. The van der Waals surface area contributed by atoms with Gasteiger partial charge in [0.2, 0.25) is 5.88 Å². The van der Waals surface area contributed by atoms with Gasteiger partial charge in [-0.05, 0) is 30.5 Å². The molecule has 1 N–H and O–H groups in total. The first-order valence-corrected chi connectivity index (χ1v) is 6.47. The molecule has 3 rings (SSSR count). The van der Waals surface area contributed by atoms with Crippen molar-refractivity contribution in [3.63, 3.8) is 0 Å². The average Bonchev–Trinajstić information content (AvgIpc) is 2.97. The molecule has 2 aromatic heterocycles. The summed E-state index contributed by atoms with van der Waals surface area (Å²) in [5, 5.41) is 6.56. The van der Waals surface area contributed by atoms with E-state index >= 15 is 0 Å². The molecule has 1 saturated heterocycles. The van der Waals surface area contributed by atoms with Crippen LogP contribution < -0.4 is 10.1 Å². The number of hydrogen-bond donors (Lipinski definition) is 1. The lowest BCUT2D eigenvalue weighted by molar-refractivity contribution is 0.254. The van der Waals surface area contributed by atoms with Crippen molar-refractivity contribution < 1.29 is 4.74 Å². The van der Waals surface area contributed by atoms with Crippen LogP contribution in [-0.2, 0) is 0 Å². The van der Waals surface area contributed by atoms with Crippen molar-refractivity contribution >= 4 is 21.4 Å². The lowest BCUT2D eigenvalue weighted by atomic mass is 10.1. The molecule has 0 amide bonds. The Labute approximate surface area is 98.5 Å². The van der Waals surface area contributed by atoms with Gasteiger partial charge in [-0.25, -0.2) is 4.98 Å². The van der Waals surface area contributed by atoms with E-state index in [9.17, 15) is 0 Å². The number of rotatable bonds is 3. The molecule has 16 heavy (non-hydrogen) atoms. The van der Waals surface area contributed by atoms with Crippen molar-refractivity contribution in [2.45, 2.75) is 6.42 Å². The summed E-state index contributed by atoms with van der Waals surface area (Å²) in [6, 6.07) is 4.11. The van der Waals surface area contributed by atoms with Gasteiger partial charge < -0.3 is 10.1 Å². The van der Waals surface area contributed by atoms with Gasteiger partial charge in [0.05, 0.1) is 12.0 Å². The van der Waals surface area contributed by atoms with Crippen LogP contribution in [0.1, 0.15) is 6.42 Å². The van der Waals surface area contributed by atoms with Crippen LogP contribution in [-0.4, -0.2) is 24.7 Å². The van der Waals surface area contributed by atoms with E-state index in [2.05, 4.69) is 21.7 Å². The average molecular weight is 234 g/mol. The largest absolute Gasteiger partial charge is 0.477 e. The summed E-state index contributed by atoms with van der Waals surface area (Å²) < 4.78 is 7.06. The van der Waals surface area contributed by atoms with E-state index in [1.54, 1.807) is 11.3 Å². The second-order valence-electron chi connectivity index (χ2n) is 4.12. The van der Waals surface area contributed by atoms with Crippen molar-refractivity contribution in [2.24, 2.45) is 5.92 Å². The fourth-order valence-corrected chi connectivity index (χ4v) is 2.81. The van der Waals surface area contributed by atoms with Gasteiger partial charge in [0.1, 0.15) is 0 Å². The highest BCUT2D eigenvalue weighted by molar-refractivity contribution is 7.17. The van der Waals surface area contributed by atoms with E-state index in [4.69, 9.17) is 4.74 Å². The predicted octanol–water partition coefficient (Wildman–Crippen LogP) is 2.28. The Bertz CT molecular complexity index is 477. The molecule has 3 nitrogen and oxygen atoms in total. The van der Waals surface area contributed by atoms with Gasteiger partial charge >= 0.3 is 0 Å². The highest BCUT2D eigenvalue weighted by Gasteiger charge is 2.15. The zero-order valence-electron chi connectivity index (χ0n) is 8.98. The normalized spacial score (nSPS) is 20.4. The molecular weight excluding hydrogens is 220 g/mol. The predicted molar refractivity (Wildman–Crippen MR) is 66.1 cm³/mol. The maximum atomic E-state index is 5.82. The summed E-state index contributed by atoms with van der Waals surface area (Å²) in [6.07, 6.45) is 3.03. The number of pyridine rings is 1. The molecule has 4 heteroatoms. The van der Waals surface area contributed by atoms with Gasteiger partial charge in [-0.3, -0.25) is 0 Å². The Morgan fingerprint density at radius 1 is 1.50 bits per heavy atom. The molecular formula is C12H14N2OS. The maximum absolute atomic E-state index is 5.82. The molecule has 1 unspecified atom stereocenters. The van der Waals surface area contributed by atoms with Crippen LogP contribution in [0.2, 0.25) is 0 Å². The molecule has 0 saturated carbocycles. The smallest absolute Gasteiger partial charge is 0.222 e. The summed E-state index contributed by atoms with van der Waals surface area (Å²) in [5.74, 6) is 1.42.